The van der Waals surface area contributed by atoms with Gasteiger partial charge in [-0.25, -0.2) is 0 Å². The summed E-state index contributed by atoms with van der Waals surface area (Å²) >= 11 is 1.40. The number of Topliss-reactive ketones (excluding diaryl/α,β-unsaturated/α-hetero) is 1. The first-order valence-corrected chi connectivity index (χ1v) is 8.27. The van der Waals surface area contributed by atoms with Gasteiger partial charge in [0.15, 0.2) is 0 Å². The first-order valence-electron chi connectivity index (χ1n) is 7.39. The average molecular weight is 318 g/mol. The molecule has 5 nitrogen and oxygen atoms in total. The third kappa shape index (κ3) is 3.68. The SMILES string of the molecule is COc1ccc(Cc2nnc(SC3CCCCC3=O)o2)cc1. The molecule has 0 bridgehead atoms. The van der Waals surface area contributed by atoms with Gasteiger partial charge in [-0.2, -0.15) is 0 Å². The van der Waals surface area contributed by atoms with E-state index in [9.17, 15) is 4.79 Å². The molecule has 1 aromatic heterocycles. The van der Waals surface area contributed by atoms with Gasteiger partial charge in [-0.3, -0.25) is 4.79 Å². The summed E-state index contributed by atoms with van der Waals surface area (Å²) in [5.41, 5.74) is 1.08. The van der Waals surface area contributed by atoms with E-state index in [0.717, 1.165) is 30.6 Å². The fraction of sp³-hybridized carbons (Fsp3) is 0.438. The van der Waals surface area contributed by atoms with Gasteiger partial charge in [-0.1, -0.05) is 30.3 Å². The number of hydrogen-bond acceptors (Lipinski definition) is 6. The van der Waals surface area contributed by atoms with Crippen molar-refractivity contribution >= 4 is 17.5 Å². The highest BCUT2D eigenvalue weighted by molar-refractivity contribution is 8.00. The third-order valence-corrected chi connectivity index (χ3v) is 4.85. The number of thioether (sulfide) groups is 1. The maximum atomic E-state index is 11.8. The summed E-state index contributed by atoms with van der Waals surface area (Å²) in [6.07, 6.45) is 4.25. The molecule has 0 N–H and O–H groups in total. The molecule has 1 heterocycles. The number of carbonyl (C=O) groups excluding carboxylic acids is 1. The van der Waals surface area contributed by atoms with Gasteiger partial charge in [0.25, 0.3) is 5.22 Å². The molecule has 0 saturated heterocycles. The molecule has 1 fully saturated rings. The molecule has 22 heavy (non-hydrogen) atoms. The number of rotatable bonds is 5. The van der Waals surface area contributed by atoms with E-state index in [1.54, 1.807) is 7.11 Å². The molecule has 0 aliphatic heterocycles. The summed E-state index contributed by atoms with van der Waals surface area (Å²) in [7, 11) is 1.64. The number of carbonyl (C=O) groups is 1. The molecule has 116 valence electrons. The average Bonchev–Trinajstić information content (AvgIpc) is 2.97. The molecule has 0 radical (unpaired) electrons. The van der Waals surface area contributed by atoms with Crippen LogP contribution in [0.4, 0.5) is 0 Å². The molecule has 1 saturated carbocycles. The second kappa shape index (κ2) is 6.96. The van der Waals surface area contributed by atoms with Crippen LogP contribution in [0.2, 0.25) is 0 Å². The molecule has 2 aromatic rings. The number of hydrogen-bond donors (Lipinski definition) is 0. The highest BCUT2D eigenvalue weighted by Crippen LogP contribution is 2.31. The van der Waals surface area contributed by atoms with Crippen molar-refractivity contribution < 1.29 is 13.9 Å². The maximum Gasteiger partial charge on any atom is 0.277 e. The van der Waals surface area contributed by atoms with E-state index in [4.69, 9.17) is 9.15 Å². The molecular weight excluding hydrogens is 300 g/mol. The van der Waals surface area contributed by atoms with E-state index in [2.05, 4.69) is 10.2 Å². The van der Waals surface area contributed by atoms with Crippen LogP contribution in [-0.4, -0.2) is 28.3 Å². The Labute approximate surface area is 133 Å². The van der Waals surface area contributed by atoms with Crippen LogP contribution >= 0.6 is 11.8 Å². The van der Waals surface area contributed by atoms with Gasteiger partial charge in [-0.05, 0) is 30.5 Å². The highest BCUT2D eigenvalue weighted by Gasteiger charge is 2.25. The summed E-state index contributed by atoms with van der Waals surface area (Å²) in [6.45, 7) is 0. The van der Waals surface area contributed by atoms with Crippen LogP contribution in [0.5, 0.6) is 5.75 Å². The zero-order valence-electron chi connectivity index (χ0n) is 12.4. The van der Waals surface area contributed by atoms with Gasteiger partial charge in [0.2, 0.25) is 5.89 Å². The fourth-order valence-corrected chi connectivity index (χ4v) is 3.48. The zero-order chi connectivity index (χ0) is 15.4. The molecule has 1 unspecified atom stereocenters. The Morgan fingerprint density at radius 2 is 2.09 bits per heavy atom. The molecular formula is C16H18N2O3S. The quantitative estimate of drug-likeness (QED) is 0.843. The number of benzene rings is 1. The number of aromatic nitrogens is 2. The lowest BCUT2D eigenvalue weighted by Crippen LogP contribution is -2.21. The Morgan fingerprint density at radius 1 is 1.27 bits per heavy atom. The molecule has 0 amide bonds. The third-order valence-electron chi connectivity index (χ3n) is 3.70. The maximum absolute atomic E-state index is 11.8. The summed E-state index contributed by atoms with van der Waals surface area (Å²) in [5.74, 6) is 1.68. The lowest BCUT2D eigenvalue weighted by atomic mass is 9.99. The molecule has 1 aliphatic rings. The number of nitrogens with zero attached hydrogens (tertiary/aromatic N) is 2. The number of ketones is 1. The van der Waals surface area contributed by atoms with Crippen molar-refractivity contribution in [2.45, 2.75) is 42.6 Å². The standard InChI is InChI=1S/C16H18N2O3S/c1-20-12-8-6-11(7-9-12)10-15-17-18-16(21-15)22-14-5-3-2-4-13(14)19/h6-9,14H,2-5,10H2,1H3. The number of ether oxygens (including phenoxy) is 1. The van der Waals surface area contributed by atoms with Crippen LogP contribution in [0, 0.1) is 0 Å². The van der Waals surface area contributed by atoms with Crippen molar-refractivity contribution in [3.63, 3.8) is 0 Å². The van der Waals surface area contributed by atoms with E-state index < -0.39 is 0 Å². The second-order valence-electron chi connectivity index (χ2n) is 5.31. The van der Waals surface area contributed by atoms with Crippen molar-refractivity contribution in [1.82, 2.24) is 10.2 Å². The Bertz CT molecular complexity index is 639. The summed E-state index contributed by atoms with van der Waals surface area (Å²) in [5, 5.41) is 8.57. The first-order chi connectivity index (χ1) is 10.7. The van der Waals surface area contributed by atoms with Crippen molar-refractivity contribution in [3.8, 4) is 5.75 Å². The van der Waals surface area contributed by atoms with Gasteiger partial charge < -0.3 is 9.15 Å². The van der Waals surface area contributed by atoms with E-state index in [1.807, 2.05) is 24.3 Å². The molecule has 1 atom stereocenters. The van der Waals surface area contributed by atoms with Crippen LogP contribution in [0.3, 0.4) is 0 Å². The molecule has 0 spiro atoms. The van der Waals surface area contributed by atoms with Gasteiger partial charge in [0, 0.05) is 6.42 Å². The van der Waals surface area contributed by atoms with Gasteiger partial charge in [-0.15, -0.1) is 10.2 Å². The van der Waals surface area contributed by atoms with Crippen molar-refractivity contribution in [2.75, 3.05) is 7.11 Å². The number of methoxy groups -OCH3 is 1. The van der Waals surface area contributed by atoms with E-state index in [-0.39, 0.29) is 5.25 Å². The van der Waals surface area contributed by atoms with Gasteiger partial charge >= 0.3 is 0 Å². The van der Waals surface area contributed by atoms with Crippen LogP contribution in [0.15, 0.2) is 33.9 Å². The summed E-state index contributed by atoms with van der Waals surface area (Å²) in [4.78, 5) is 11.8. The van der Waals surface area contributed by atoms with E-state index in [1.165, 1.54) is 11.8 Å². The van der Waals surface area contributed by atoms with Crippen molar-refractivity contribution in [1.29, 1.82) is 0 Å². The lowest BCUT2D eigenvalue weighted by molar-refractivity contribution is -0.119. The molecule has 1 aromatic carbocycles. The Kier molecular flexibility index (Phi) is 4.77. The minimum Gasteiger partial charge on any atom is -0.497 e. The predicted molar refractivity (Wildman–Crippen MR) is 83.2 cm³/mol. The van der Waals surface area contributed by atoms with Crippen LogP contribution in [-0.2, 0) is 11.2 Å². The first kappa shape index (κ1) is 15.1. The lowest BCUT2D eigenvalue weighted by Gasteiger charge is -2.17. The smallest absolute Gasteiger partial charge is 0.277 e. The van der Waals surface area contributed by atoms with Gasteiger partial charge in [0.1, 0.15) is 11.5 Å². The topological polar surface area (TPSA) is 65.2 Å². The monoisotopic (exact) mass is 318 g/mol. The zero-order valence-corrected chi connectivity index (χ0v) is 13.3. The fourth-order valence-electron chi connectivity index (χ4n) is 2.47. The van der Waals surface area contributed by atoms with E-state index >= 15 is 0 Å². The highest BCUT2D eigenvalue weighted by atomic mass is 32.2. The van der Waals surface area contributed by atoms with Crippen LogP contribution < -0.4 is 4.74 Å². The minimum atomic E-state index is -0.0250. The van der Waals surface area contributed by atoms with Gasteiger partial charge in [0.05, 0.1) is 18.8 Å². The van der Waals surface area contributed by atoms with Crippen LogP contribution in [0.1, 0.15) is 37.1 Å². The molecule has 6 heteroatoms. The largest absolute Gasteiger partial charge is 0.497 e. The summed E-state index contributed by atoms with van der Waals surface area (Å²) < 4.78 is 10.8. The Hall–Kier alpha value is -1.82. The minimum absolute atomic E-state index is 0.0250. The van der Waals surface area contributed by atoms with Crippen molar-refractivity contribution in [2.24, 2.45) is 0 Å². The summed E-state index contributed by atoms with van der Waals surface area (Å²) in [6, 6.07) is 7.76. The molecule has 1 aliphatic carbocycles. The predicted octanol–water partition coefficient (Wildman–Crippen LogP) is 3.27. The second-order valence-corrected chi connectivity index (χ2v) is 6.46. The Balaban J connectivity index is 1.61. The van der Waals surface area contributed by atoms with Crippen LogP contribution in [0.25, 0.3) is 0 Å². The van der Waals surface area contributed by atoms with E-state index in [0.29, 0.717) is 29.7 Å². The normalized spacial score (nSPS) is 18.4. The van der Waals surface area contributed by atoms with Crippen molar-refractivity contribution in [3.05, 3.63) is 35.7 Å². The Morgan fingerprint density at radius 3 is 2.82 bits per heavy atom. The molecule has 3 rings (SSSR count).